The summed E-state index contributed by atoms with van der Waals surface area (Å²) in [5, 5.41) is 3.68. The van der Waals surface area contributed by atoms with Gasteiger partial charge in [0.25, 0.3) is 0 Å². The highest BCUT2D eigenvalue weighted by molar-refractivity contribution is 5.26. The molecule has 1 heterocycles. The quantitative estimate of drug-likeness (QED) is 0.864. The SMILES string of the molecule is CCCNC1CCOCC1Cc1ccccc1C. The van der Waals surface area contributed by atoms with Crippen molar-refractivity contribution >= 4 is 0 Å². The van der Waals surface area contributed by atoms with Gasteiger partial charge in [-0.1, -0.05) is 31.2 Å². The molecule has 1 aromatic carbocycles. The minimum absolute atomic E-state index is 0.617. The monoisotopic (exact) mass is 247 g/mol. The number of benzene rings is 1. The lowest BCUT2D eigenvalue weighted by molar-refractivity contribution is 0.0322. The van der Waals surface area contributed by atoms with Crippen LogP contribution in [0.3, 0.4) is 0 Å². The van der Waals surface area contributed by atoms with Gasteiger partial charge in [0, 0.05) is 18.6 Å². The van der Waals surface area contributed by atoms with Crippen molar-refractivity contribution in [3.8, 4) is 0 Å². The Balaban J connectivity index is 1.98. The smallest absolute Gasteiger partial charge is 0.0512 e. The van der Waals surface area contributed by atoms with Crippen molar-refractivity contribution in [2.24, 2.45) is 5.92 Å². The second-order valence-electron chi connectivity index (χ2n) is 5.31. The van der Waals surface area contributed by atoms with Crippen molar-refractivity contribution in [2.75, 3.05) is 19.8 Å². The number of aryl methyl sites for hydroxylation is 1. The van der Waals surface area contributed by atoms with Crippen molar-refractivity contribution < 1.29 is 4.74 Å². The van der Waals surface area contributed by atoms with Crippen LogP contribution in [0.1, 0.15) is 30.9 Å². The lowest BCUT2D eigenvalue weighted by atomic mass is 9.88. The van der Waals surface area contributed by atoms with E-state index in [1.807, 2.05) is 0 Å². The van der Waals surface area contributed by atoms with Gasteiger partial charge in [0.05, 0.1) is 6.61 Å². The van der Waals surface area contributed by atoms with Crippen LogP contribution in [0.4, 0.5) is 0 Å². The lowest BCUT2D eigenvalue weighted by Gasteiger charge is -2.32. The predicted octanol–water partition coefficient (Wildman–Crippen LogP) is 2.94. The van der Waals surface area contributed by atoms with Gasteiger partial charge in [0.2, 0.25) is 0 Å². The molecule has 1 saturated heterocycles. The maximum absolute atomic E-state index is 5.66. The lowest BCUT2D eigenvalue weighted by Crippen LogP contribution is -2.44. The maximum Gasteiger partial charge on any atom is 0.0512 e. The molecule has 0 aliphatic carbocycles. The first kappa shape index (κ1) is 13.6. The Kier molecular flexibility index (Phi) is 5.21. The fraction of sp³-hybridized carbons (Fsp3) is 0.625. The highest BCUT2D eigenvalue weighted by atomic mass is 16.5. The van der Waals surface area contributed by atoms with Crippen LogP contribution in [0, 0.1) is 12.8 Å². The summed E-state index contributed by atoms with van der Waals surface area (Å²) in [5.74, 6) is 0.617. The average Bonchev–Trinajstić information content (AvgIpc) is 2.40. The van der Waals surface area contributed by atoms with E-state index in [0.29, 0.717) is 12.0 Å². The normalized spacial score (nSPS) is 24.1. The van der Waals surface area contributed by atoms with Crippen LogP contribution < -0.4 is 5.32 Å². The molecular formula is C16H25NO. The number of ether oxygens (including phenoxy) is 1. The van der Waals surface area contributed by atoms with Gasteiger partial charge < -0.3 is 10.1 Å². The van der Waals surface area contributed by atoms with Crippen LogP contribution in [0.25, 0.3) is 0 Å². The third-order valence-corrected chi connectivity index (χ3v) is 3.87. The predicted molar refractivity (Wildman–Crippen MR) is 75.9 cm³/mol. The van der Waals surface area contributed by atoms with E-state index in [2.05, 4.69) is 43.4 Å². The molecule has 1 fully saturated rings. The molecule has 2 rings (SSSR count). The van der Waals surface area contributed by atoms with Crippen LogP contribution >= 0.6 is 0 Å². The largest absolute Gasteiger partial charge is 0.381 e. The summed E-state index contributed by atoms with van der Waals surface area (Å²) in [5.41, 5.74) is 2.87. The molecule has 2 heteroatoms. The Bertz CT molecular complexity index is 364. The molecular weight excluding hydrogens is 222 g/mol. The van der Waals surface area contributed by atoms with Gasteiger partial charge in [0.1, 0.15) is 0 Å². The number of hydrogen-bond acceptors (Lipinski definition) is 2. The molecule has 0 bridgehead atoms. The third kappa shape index (κ3) is 3.56. The molecule has 2 unspecified atom stereocenters. The van der Waals surface area contributed by atoms with Gasteiger partial charge in [-0.2, -0.15) is 0 Å². The standard InChI is InChI=1S/C16H25NO/c1-3-9-17-16-8-10-18-12-15(16)11-14-7-5-4-6-13(14)2/h4-7,15-17H,3,8-12H2,1-2H3. The van der Waals surface area contributed by atoms with Gasteiger partial charge in [-0.3, -0.25) is 0 Å². The fourth-order valence-electron chi connectivity index (χ4n) is 2.72. The first-order valence-electron chi connectivity index (χ1n) is 7.17. The molecule has 1 aliphatic rings. The van der Waals surface area contributed by atoms with Crippen molar-refractivity contribution in [3.05, 3.63) is 35.4 Å². The molecule has 18 heavy (non-hydrogen) atoms. The summed E-state index contributed by atoms with van der Waals surface area (Å²) in [6.07, 6.45) is 3.49. The van der Waals surface area contributed by atoms with E-state index in [0.717, 1.165) is 32.6 Å². The maximum atomic E-state index is 5.66. The fourth-order valence-corrected chi connectivity index (χ4v) is 2.72. The highest BCUT2D eigenvalue weighted by Gasteiger charge is 2.25. The highest BCUT2D eigenvalue weighted by Crippen LogP contribution is 2.21. The summed E-state index contributed by atoms with van der Waals surface area (Å²) >= 11 is 0. The second kappa shape index (κ2) is 6.91. The first-order chi connectivity index (χ1) is 8.81. The van der Waals surface area contributed by atoms with Crippen molar-refractivity contribution in [2.45, 2.75) is 39.2 Å². The summed E-state index contributed by atoms with van der Waals surface area (Å²) < 4.78 is 5.66. The first-order valence-corrected chi connectivity index (χ1v) is 7.17. The molecule has 0 aromatic heterocycles. The van der Waals surface area contributed by atoms with Gasteiger partial charge in [-0.25, -0.2) is 0 Å². The molecule has 2 atom stereocenters. The van der Waals surface area contributed by atoms with Gasteiger partial charge in [-0.15, -0.1) is 0 Å². The zero-order valence-corrected chi connectivity index (χ0v) is 11.6. The summed E-state index contributed by atoms with van der Waals surface area (Å²) in [6, 6.07) is 9.33. The second-order valence-corrected chi connectivity index (χ2v) is 5.31. The zero-order valence-electron chi connectivity index (χ0n) is 11.6. The zero-order chi connectivity index (χ0) is 12.8. The van der Waals surface area contributed by atoms with Crippen molar-refractivity contribution in [1.82, 2.24) is 5.32 Å². The van der Waals surface area contributed by atoms with E-state index in [-0.39, 0.29) is 0 Å². The Labute approximate surface area is 111 Å². The molecule has 2 nitrogen and oxygen atoms in total. The molecule has 1 aromatic rings. The van der Waals surface area contributed by atoms with Crippen molar-refractivity contribution in [1.29, 1.82) is 0 Å². The Hall–Kier alpha value is -0.860. The van der Waals surface area contributed by atoms with E-state index >= 15 is 0 Å². The Morgan fingerprint density at radius 1 is 1.33 bits per heavy atom. The van der Waals surface area contributed by atoms with Gasteiger partial charge >= 0.3 is 0 Å². The molecule has 1 aliphatic heterocycles. The summed E-state index contributed by atoms with van der Waals surface area (Å²) in [4.78, 5) is 0. The van der Waals surface area contributed by atoms with E-state index in [9.17, 15) is 0 Å². The minimum Gasteiger partial charge on any atom is -0.381 e. The molecule has 0 spiro atoms. The van der Waals surface area contributed by atoms with E-state index in [1.54, 1.807) is 0 Å². The number of nitrogens with one attached hydrogen (secondary N) is 1. The minimum atomic E-state index is 0.617. The van der Waals surface area contributed by atoms with E-state index in [4.69, 9.17) is 4.74 Å². The molecule has 100 valence electrons. The molecule has 0 radical (unpaired) electrons. The van der Waals surface area contributed by atoms with Crippen LogP contribution in [-0.4, -0.2) is 25.8 Å². The topological polar surface area (TPSA) is 21.3 Å². The molecule has 1 N–H and O–H groups in total. The van der Waals surface area contributed by atoms with Crippen LogP contribution in [0.2, 0.25) is 0 Å². The van der Waals surface area contributed by atoms with E-state index in [1.165, 1.54) is 17.5 Å². The van der Waals surface area contributed by atoms with Crippen LogP contribution in [0.15, 0.2) is 24.3 Å². The van der Waals surface area contributed by atoms with Crippen molar-refractivity contribution in [3.63, 3.8) is 0 Å². The summed E-state index contributed by atoms with van der Waals surface area (Å²) in [7, 11) is 0. The summed E-state index contributed by atoms with van der Waals surface area (Å²) in [6.45, 7) is 7.35. The Morgan fingerprint density at radius 2 is 2.17 bits per heavy atom. The molecule has 0 amide bonds. The number of rotatable bonds is 5. The van der Waals surface area contributed by atoms with Gasteiger partial charge in [-0.05, 0) is 43.9 Å². The van der Waals surface area contributed by atoms with Gasteiger partial charge in [0.15, 0.2) is 0 Å². The molecule has 0 saturated carbocycles. The third-order valence-electron chi connectivity index (χ3n) is 3.87. The van der Waals surface area contributed by atoms with E-state index < -0.39 is 0 Å². The van der Waals surface area contributed by atoms with Crippen LogP contribution in [0.5, 0.6) is 0 Å². The number of hydrogen-bond donors (Lipinski definition) is 1. The average molecular weight is 247 g/mol. The van der Waals surface area contributed by atoms with Crippen LogP contribution in [-0.2, 0) is 11.2 Å². The Morgan fingerprint density at radius 3 is 2.94 bits per heavy atom.